The molecule has 2 amide bonds. The minimum atomic E-state index is -1.61. The van der Waals surface area contributed by atoms with E-state index in [0.717, 1.165) is 23.5 Å². The minimum absolute atomic E-state index is 0.0147. The van der Waals surface area contributed by atoms with Crippen LogP contribution in [0.2, 0.25) is 0 Å². The predicted molar refractivity (Wildman–Crippen MR) is 179 cm³/mol. The van der Waals surface area contributed by atoms with Gasteiger partial charge in [0.15, 0.2) is 21.2 Å². The maximum absolute atomic E-state index is 15.0. The highest BCUT2D eigenvalue weighted by Gasteiger charge is 2.72. The number of benzene rings is 3. The number of nitriles is 1. The van der Waals surface area contributed by atoms with Crippen LogP contribution in [0.1, 0.15) is 31.9 Å². The normalized spacial score (nSPS) is 26.7. The summed E-state index contributed by atoms with van der Waals surface area (Å²) < 4.78 is 23.0. The molecule has 230 valence electrons. The third kappa shape index (κ3) is 5.39. The van der Waals surface area contributed by atoms with Crippen LogP contribution in [-0.4, -0.2) is 54.0 Å². The smallest absolute Gasteiger partial charge is 0.261 e. The average molecular weight is 678 g/mol. The van der Waals surface area contributed by atoms with Crippen molar-refractivity contribution in [1.29, 1.82) is 5.26 Å². The van der Waals surface area contributed by atoms with Crippen molar-refractivity contribution in [3.63, 3.8) is 0 Å². The van der Waals surface area contributed by atoms with Gasteiger partial charge in [0, 0.05) is 13.5 Å². The molecule has 3 heterocycles. The highest BCUT2D eigenvalue weighted by Crippen LogP contribution is 2.63. The molecule has 3 aromatic rings. The molecule has 0 aliphatic carbocycles. The molecule has 0 radical (unpaired) electrons. The van der Waals surface area contributed by atoms with E-state index in [2.05, 4.69) is 6.07 Å². The molecule has 0 saturated carbocycles. The third-order valence-electron chi connectivity index (χ3n) is 8.14. The Morgan fingerprint density at radius 2 is 1.47 bits per heavy atom. The summed E-state index contributed by atoms with van der Waals surface area (Å²) >= 11 is 13.1. The van der Waals surface area contributed by atoms with E-state index < -0.39 is 33.0 Å². The Balaban J connectivity index is 1.44. The van der Waals surface area contributed by atoms with Crippen molar-refractivity contribution in [2.45, 2.75) is 36.1 Å². The van der Waals surface area contributed by atoms with E-state index in [-0.39, 0.29) is 22.0 Å². The summed E-state index contributed by atoms with van der Waals surface area (Å²) in [6.07, 6.45) is -0.0147. The van der Waals surface area contributed by atoms with Crippen molar-refractivity contribution >= 4 is 68.5 Å². The molecule has 3 aromatic carbocycles. The standard InChI is InChI=1S/C32H27N3O6S4/c1-30(18-33)17-32(45-29(43)41-22-12-8-5-9-13-22)27(37)34(3)31(2,44-28(42)40-21-10-6-4-7-11-21)26(36)35(32)25(30)20-14-15-23-24(16-20)39-19-38-23/h4-16,25H,17,19H2,1-3H3/t25?,30-,31+,32+/m1/s1. The summed E-state index contributed by atoms with van der Waals surface area (Å²) in [5.74, 6) is 1.17. The third-order valence-corrected chi connectivity index (χ3v) is 11.0. The van der Waals surface area contributed by atoms with Gasteiger partial charge in [-0.15, -0.1) is 0 Å². The number of rotatable bonds is 5. The Kier molecular flexibility index (Phi) is 8.19. The number of hydrogen-bond acceptors (Lipinski definition) is 11. The Morgan fingerprint density at radius 3 is 2.07 bits per heavy atom. The number of ether oxygens (including phenoxy) is 4. The van der Waals surface area contributed by atoms with Crippen LogP contribution >= 0.6 is 48.0 Å². The van der Waals surface area contributed by atoms with Crippen LogP contribution in [-0.2, 0) is 9.59 Å². The molecule has 0 spiro atoms. The SMILES string of the molecule is CN1C(=O)[C@@]2(SC(=S)Oc3ccccc3)C[C@](C)(C#N)C(c3ccc4c(c3)OCO4)N2C(=O)[C@]1(C)SC(=S)Oc1ccccc1. The fourth-order valence-electron chi connectivity index (χ4n) is 5.91. The van der Waals surface area contributed by atoms with Crippen molar-refractivity contribution in [3.05, 3.63) is 84.4 Å². The van der Waals surface area contributed by atoms with Gasteiger partial charge in [0.05, 0.1) is 17.5 Å². The molecule has 45 heavy (non-hydrogen) atoms. The molecule has 1 unspecified atom stereocenters. The lowest BCUT2D eigenvalue weighted by Crippen LogP contribution is -2.71. The lowest BCUT2D eigenvalue weighted by molar-refractivity contribution is -0.163. The van der Waals surface area contributed by atoms with Crippen LogP contribution in [0.3, 0.4) is 0 Å². The van der Waals surface area contributed by atoms with Gasteiger partial charge < -0.3 is 28.7 Å². The fourth-order valence-corrected chi connectivity index (χ4v) is 9.17. The van der Waals surface area contributed by atoms with Crippen molar-refractivity contribution < 1.29 is 28.5 Å². The number of amides is 2. The Hall–Kier alpha value is -3.83. The lowest BCUT2D eigenvalue weighted by Gasteiger charge is -2.52. The van der Waals surface area contributed by atoms with Crippen molar-refractivity contribution in [1.82, 2.24) is 9.80 Å². The number of thioether (sulfide) groups is 2. The summed E-state index contributed by atoms with van der Waals surface area (Å²) in [4.78, 5) is 29.4. The molecule has 13 heteroatoms. The molecule has 3 aliphatic rings. The molecule has 4 atom stereocenters. The van der Waals surface area contributed by atoms with E-state index in [1.165, 1.54) is 9.80 Å². The Morgan fingerprint density at radius 1 is 0.889 bits per heavy atom. The van der Waals surface area contributed by atoms with Gasteiger partial charge in [-0.2, -0.15) is 5.26 Å². The number of thiocarbonyl (C=S) groups is 2. The second-order valence-electron chi connectivity index (χ2n) is 11.1. The summed E-state index contributed by atoms with van der Waals surface area (Å²) in [6, 6.07) is 24.7. The van der Waals surface area contributed by atoms with E-state index in [1.54, 1.807) is 87.6 Å². The number of piperazine rings is 1. The quantitative estimate of drug-likeness (QED) is 0.285. The minimum Gasteiger partial charge on any atom is -0.454 e. The summed E-state index contributed by atoms with van der Waals surface area (Å²) in [6.45, 7) is 3.44. The first-order valence-corrected chi connectivity index (χ1v) is 16.3. The maximum atomic E-state index is 15.0. The molecule has 3 aliphatic heterocycles. The van der Waals surface area contributed by atoms with Crippen LogP contribution in [0.4, 0.5) is 0 Å². The molecule has 6 rings (SSSR count). The number of nitrogens with zero attached hydrogens (tertiary/aromatic N) is 3. The molecular formula is C32H27N3O6S4. The van der Waals surface area contributed by atoms with Crippen LogP contribution in [0.5, 0.6) is 23.0 Å². The van der Waals surface area contributed by atoms with Crippen LogP contribution in [0.15, 0.2) is 78.9 Å². The van der Waals surface area contributed by atoms with Crippen molar-refractivity contribution in [2.75, 3.05) is 13.8 Å². The van der Waals surface area contributed by atoms with Gasteiger partial charge >= 0.3 is 0 Å². The van der Waals surface area contributed by atoms with Gasteiger partial charge in [-0.1, -0.05) is 42.5 Å². The number of carbonyl (C=O) groups excluding carboxylic acids is 2. The number of likely N-dealkylation sites (N-methyl/N-ethyl adjacent to an activating group) is 1. The Bertz CT molecular complexity index is 1740. The number of hydrogen-bond donors (Lipinski definition) is 0. The van der Waals surface area contributed by atoms with Crippen molar-refractivity contribution in [3.8, 4) is 29.1 Å². The molecule has 0 N–H and O–H groups in total. The molecule has 2 saturated heterocycles. The van der Waals surface area contributed by atoms with E-state index >= 15 is 0 Å². The van der Waals surface area contributed by atoms with Gasteiger partial charge in [0.2, 0.25) is 15.6 Å². The highest BCUT2D eigenvalue weighted by atomic mass is 32.2. The van der Waals surface area contributed by atoms with Gasteiger partial charge in [0.1, 0.15) is 11.5 Å². The highest BCUT2D eigenvalue weighted by molar-refractivity contribution is 8.24. The van der Waals surface area contributed by atoms with Crippen LogP contribution in [0, 0.1) is 16.7 Å². The molecule has 2 fully saturated rings. The maximum Gasteiger partial charge on any atom is 0.261 e. The van der Waals surface area contributed by atoms with E-state index in [0.29, 0.717) is 28.6 Å². The van der Waals surface area contributed by atoms with E-state index in [1.807, 2.05) is 12.1 Å². The Labute approximate surface area is 279 Å². The van der Waals surface area contributed by atoms with Crippen LogP contribution < -0.4 is 18.9 Å². The van der Waals surface area contributed by atoms with Gasteiger partial charge in [-0.05, 0) is 104 Å². The predicted octanol–water partition coefficient (Wildman–Crippen LogP) is 6.30. The monoisotopic (exact) mass is 677 g/mol. The van der Waals surface area contributed by atoms with Gasteiger partial charge in [-0.3, -0.25) is 9.59 Å². The topological polar surface area (TPSA) is 101 Å². The second kappa shape index (κ2) is 11.8. The first-order chi connectivity index (χ1) is 21.5. The fraction of sp³-hybridized carbons (Fsp3) is 0.281. The first-order valence-electron chi connectivity index (χ1n) is 13.9. The zero-order valence-corrected chi connectivity index (χ0v) is 27.7. The van der Waals surface area contributed by atoms with E-state index in [9.17, 15) is 14.9 Å². The number of fused-ring (bicyclic) bond motifs is 2. The largest absolute Gasteiger partial charge is 0.454 e. The summed E-state index contributed by atoms with van der Waals surface area (Å²) in [5.41, 5.74) is -0.603. The van der Waals surface area contributed by atoms with Crippen molar-refractivity contribution in [2.24, 2.45) is 5.41 Å². The van der Waals surface area contributed by atoms with Gasteiger partial charge in [0.25, 0.3) is 11.8 Å². The molecule has 0 aromatic heterocycles. The molecular weight excluding hydrogens is 651 g/mol. The number of carbonyl (C=O) groups is 2. The summed E-state index contributed by atoms with van der Waals surface area (Å²) in [7, 11) is 1.55. The van der Waals surface area contributed by atoms with Gasteiger partial charge in [-0.25, -0.2) is 0 Å². The second-order valence-corrected chi connectivity index (χ2v) is 14.9. The zero-order valence-electron chi connectivity index (χ0n) is 24.4. The zero-order chi connectivity index (χ0) is 32.0. The molecule has 0 bridgehead atoms. The lowest BCUT2D eigenvalue weighted by atomic mass is 9.79. The number of para-hydroxylation sites is 2. The van der Waals surface area contributed by atoms with Crippen LogP contribution in [0.25, 0.3) is 0 Å². The molecule has 9 nitrogen and oxygen atoms in total. The average Bonchev–Trinajstić information content (AvgIpc) is 3.60. The first kappa shape index (κ1) is 31.2. The summed E-state index contributed by atoms with van der Waals surface area (Å²) in [5, 5.41) is 10.7. The van der Waals surface area contributed by atoms with E-state index in [4.69, 9.17) is 43.4 Å².